The first-order valence-corrected chi connectivity index (χ1v) is 5.86. The van der Waals surface area contributed by atoms with Crippen LogP contribution in [-0.4, -0.2) is 12.3 Å². The number of allylic oxidation sites excluding steroid dienone is 2. The van der Waals surface area contributed by atoms with E-state index in [1.807, 2.05) is 0 Å². The Balaban J connectivity index is 2.69. The molecule has 0 N–H and O–H groups in total. The molecule has 0 aromatic heterocycles. The van der Waals surface area contributed by atoms with Crippen molar-refractivity contribution in [2.45, 2.75) is 13.8 Å². The molecule has 0 saturated carbocycles. The fourth-order valence-corrected chi connectivity index (χ4v) is 3.41. The van der Waals surface area contributed by atoms with Crippen molar-refractivity contribution in [3.8, 4) is 0 Å². The molecule has 0 amide bonds. The van der Waals surface area contributed by atoms with Crippen LogP contribution in [0.2, 0.25) is 0 Å². The second-order valence-corrected chi connectivity index (χ2v) is 6.49. The van der Waals surface area contributed by atoms with Crippen molar-refractivity contribution < 1.29 is 0 Å². The van der Waals surface area contributed by atoms with Gasteiger partial charge in [-0.1, -0.05) is 0 Å². The highest BCUT2D eigenvalue weighted by molar-refractivity contribution is 7.81. The van der Waals surface area contributed by atoms with Crippen molar-refractivity contribution in [1.29, 1.82) is 0 Å². The molecule has 0 atom stereocenters. The van der Waals surface area contributed by atoms with Gasteiger partial charge in [0.15, 0.2) is 0 Å². The molecule has 0 unspecified atom stereocenters. The van der Waals surface area contributed by atoms with E-state index >= 15 is 0 Å². The highest BCUT2D eigenvalue weighted by atomic mass is 31.2. The normalized spacial score (nSPS) is 21.1. The Kier molecular flexibility index (Phi) is 2.08. The number of rotatable bonds is 2. The molecule has 1 rings (SSSR count). The van der Waals surface area contributed by atoms with Crippen LogP contribution in [0, 0.1) is 0 Å². The summed E-state index contributed by atoms with van der Waals surface area (Å²) in [5, 5.41) is 0. The van der Waals surface area contributed by atoms with Gasteiger partial charge in [-0.25, -0.2) is 0 Å². The van der Waals surface area contributed by atoms with Crippen molar-refractivity contribution in [2.24, 2.45) is 0 Å². The molecule has 0 nitrogen and oxygen atoms in total. The molecule has 0 spiro atoms. The van der Waals surface area contributed by atoms with Crippen LogP contribution in [0.1, 0.15) is 13.8 Å². The third-order valence-electron chi connectivity index (χ3n) is 2.05. The van der Waals surface area contributed by atoms with Crippen molar-refractivity contribution in [1.82, 2.24) is 0 Å². The minimum atomic E-state index is -0.670. The van der Waals surface area contributed by atoms with Gasteiger partial charge in [0.05, 0.1) is 31.2 Å². The van der Waals surface area contributed by atoms with E-state index in [9.17, 15) is 0 Å². The highest BCUT2D eigenvalue weighted by Crippen LogP contribution is 2.63. The van der Waals surface area contributed by atoms with Gasteiger partial charge in [-0.3, -0.25) is 0 Å². The van der Waals surface area contributed by atoms with E-state index in [0.717, 1.165) is 0 Å². The zero-order valence-corrected chi connectivity index (χ0v) is 7.07. The molecule has 0 bridgehead atoms. The van der Waals surface area contributed by atoms with Crippen molar-refractivity contribution in [2.75, 3.05) is 12.3 Å². The summed E-state index contributed by atoms with van der Waals surface area (Å²) in [7, 11) is -0.670. The molecule has 50 valence electrons. The van der Waals surface area contributed by atoms with Crippen LogP contribution in [-0.2, 0) is 0 Å². The lowest BCUT2D eigenvalue weighted by atomic mass is 10.6. The van der Waals surface area contributed by atoms with E-state index in [1.165, 1.54) is 12.3 Å². The minimum absolute atomic E-state index is 0.670. The predicted octanol–water partition coefficient (Wildman–Crippen LogP) is 3.08. The SMILES string of the molecule is CC[P+]1(CC)C=CC=C1. The number of hydrogen-bond acceptors (Lipinski definition) is 0. The van der Waals surface area contributed by atoms with Crippen molar-refractivity contribution in [3.63, 3.8) is 0 Å². The Bertz CT molecular complexity index is 127. The second-order valence-electron chi connectivity index (χ2n) is 2.42. The maximum absolute atomic E-state index is 2.41. The quantitative estimate of drug-likeness (QED) is 0.518. The fraction of sp³-hybridized carbons (Fsp3) is 0.500. The Morgan fingerprint density at radius 2 is 1.44 bits per heavy atom. The van der Waals surface area contributed by atoms with Crippen LogP contribution in [0.4, 0.5) is 0 Å². The molecule has 0 aliphatic carbocycles. The third kappa shape index (κ3) is 1.24. The summed E-state index contributed by atoms with van der Waals surface area (Å²) >= 11 is 0. The van der Waals surface area contributed by atoms with Gasteiger partial charge in [-0.05, 0) is 26.0 Å². The minimum Gasteiger partial charge on any atom is -0.0304 e. The standard InChI is InChI=1S/C8H14P/c1-3-9(4-2)7-5-6-8-9/h5-8H,3-4H2,1-2H3/q+1. The Hall–Kier alpha value is -0.0900. The average Bonchev–Trinajstić information content (AvgIpc) is 2.36. The summed E-state index contributed by atoms with van der Waals surface area (Å²) in [6.07, 6.45) is 7.08. The molecule has 1 aliphatic rings. The number of hydrogen-bond donors (Lipinski definition) is 0. The second kappa shape index (κ2) is 2.66. The van der Waals surface area contributed by atoms with Gasteiger partial charge in [0.2, 0.25) is 0 Å². The lowest BCUT2D eigenvalue weighted by Crippen LogP contribution is -1.88. The smallest absolute Gasteiger partial charge is 0.0304 e. The Morgan fingerprint density at radius 1 is 1.00 bits per heavy atom. The first kappa shape index (κ1) is 7.02. The summed E-state index contributed by atoms with van der Waals surface area (Å²) in [4.78, 5) is 0. The molecule has 1 aliphatic heterocycles. The Morgan fingerprint density at radius 3 is 1.67 bits per heavy atom. The summed E-state index contributed by atoms with van der Waals surface area (Å²) in [5.74, 6) is 4.82. The van der Waals surface area contributed by atoms with Crippen LogP contribution < -0.4 is 0 Å². The molecule has 0 radical (unpaired) electrons. The Labute approximate surface area is 58.0 Å². The van der Waals surface area contributed by atoms with Gasteiger partial charge in [0.25, 0.3) is 0 Å². The third-order valence-corrected chi connectivity index (χ3v) is 5.94. The van der Waals surface area contributed by atoms with E-state index in [-0.39, 0.29) is 0 Å². The predicted molar refractivity (Wildman–Crippen MR) is 46.3 cm³/mol. The lowest BCUT2D eigenvalue weighted by Gasteiger charge is -2.11. The maximum Gasteiger partial charge on any atom is 0.0648 e. The van der Waals surface area contributed by atoms with E-state index in [0.29, 0.717) is 0 Å². The summed E-state index contributed by atoms with van der Waals surface area (Å²) in [6.45, 7) is 4.58. The molecular weight excluding hydrogens is 127 g/mol. The molecule has 0 aromatic carbocycles. The molecule has 0 aromatic rings. The zero-order valence-electron chi connectivity index (χ0n) is 6.17. The lowest BCUT2D eigenvalue weighted by molar-refractivity contribution is 1.40. The van der Waals surface area contributed by atoms with Crippen LogP contribution in [0.5, 0.6) is 0 Å². The van der Waals surface area contributed by atoms with Crippen LogP contribution in [0.25, 0.3) is 0 Å². The van der Waals surface area contributed by atoms with Crippen molar-refractivity contribution in [3.05, 3.63) is 23.8 Å². The van der Waals surface area contributed by atoms with Gasteiger partial charge >= 0.3 is 0 Å². The topological polar surface area (TPSA) is 0 Å². The average molecular weight is 141 g/mol. The van der Waals surface area contributed by atoms with Crippen molar-refractivity contribution >= 4 is 7.26 Å². The van der Waals surface area contributed by atoms with Gasteiger partial charge in [-0.15, -0.1) is 0 Å². The fourth-order valence-electron chi connectivity index (χ4n) is 1.14. The molecule has 1 heteroatoms. The van der Waals surface area contributed by atoms with Gasteiger partial charge in [0.1, 0.15) is 0 Å². The molecular formula is C8H14P+. The largest absolute Gasteiger partial charge is 0.0648 e. The zero-order chi connectivity index (χ0) is 6.74. The summed E-state index contributed by atoms with van der Waals surface area (Å²) in [5.41, 5.74) is 0. The van der Waals surface area contributed by atoms with Crippen LogP contribution >= 0.6 is 7.26 Å². The van der Waals surface area contributed by atoms with Gasteiger partial charge in [0, 0.05) is 0 Å². The van der Waals surface area contributed by atoms with E-state index in [4.69, 9.17) is 0 Å². The molecule has 9 heavy (non-hydrogen) atoms. The summed E-state index contributed by atoms with van der Waals surface area (Å²) in [6, 6.07) is 0. The van der Waals surface area contributed by atoms with Crippen LogP contribution in [0.15, 0.2) is 23.8 Å². The summed E-state index contributed by atoms with van der Waals surface area (Å²) < 4.78 is 0. The maximum atomic E-state index is 2.41. The van der Waals surface area contributed by atoms with E-state index in [2.05, 4.69) is 37.6 Å². The monoisotopic (exact) mass is 141 g/mol. The molecule has 0 fully saturated rings. The van der Waals surface area contributed by atoms with Gasteiger partial charge < -0.3 is 0 Å². The first-order chi connectivity index (χ1) is 4.33. The van der Waals surface area contributed by atoms with E-state index in [1.54, 1.807) is 0 Å². The molecule has 0 saturated heterocycles. The molecule has 1 heterocycles. The van der Waals surface area contributed by atoms with E-state index < -0.39 is 7.26 Å². The van der Waals surface area contributed by atoms with Gasteiger partial charge in [-0.2, -0.15) is 0 Å². The van der Waals surface area contributed by atoms with Crippen LogP contribution in [0.3, 0.4) is 0 Å². The highest BCUT2D eigenvalue weighted by Gasteiger charge is 2.28. The first-order valence-electron chi connectivity index (χ1n) is 3.56.